The first kappa shape index (κ1) is 14.3. The van der Waals surface area contributed by atoms with Gasteiger partial charge in [0.1, 0.15) is 5.82 Å². The Hall–Kier alpha value is -1.14. The van der Waals surface area contributed by atoms with Crippen LogP contribution in [0.4, 0.5) is 10.1 Å². The van der Waals surface area contributed by atoms with Gasteiger partial charge in [0, 0.05) is 6.54 Å². The van der Waals surface area contributed by atoms with Gasteiger partial charge in [-0.05, 0) is 42.4 Å². The van der Waals surface area contributed by atoms with Crippen molar-refractivity contribution in [3.8, 4) is 0 Å². The third kappa shape index (κ3) is 2.90. The lowest BCUT2D eigenvalue weighted by Crippen LogP contribution is -2.32. The first-order chi connectivity index (χ1) is 8.77. The molecule has 0 aliphatic heterocycles. The van der Waals surface area contributed by atoms with Gasteiger partial charge in [-0.3, -0.25) is 0 Å². The highest BCUT2D eigenvalue weighted by atomic mass is 32.2. The van der Waals surface area contributed by atoms with Crippen LogP contribution in [-0.2, 0) is 10.0 Å². The Morgan fingerprint density at radius 2 is 2.05 bits per heavy atom. The van der Waals surface area contributed by atoms with Gasteiger partial charge >= 0.3 is 0 Å². The van der Waals surface area contributed by atoms with Crippen LogP contribution in [0.15, 0.2) is 23.1 Å². The average Bonchev–Trinajstić information content (AvgIpc) is 3.11. The van der Waals surface area contributed by atoms with Crippen LogP contribution in [0.1, 0.15) is 26.7 Å². The molecule has 1 fully saturated rings. The minimum atomic E-state index is -3.62. The third-order valence-electron chi connectivity index (χ3n) is 4.01. The summed E-state index contributed by atoms with van der Waals surface area (Å²) in [5.41, 5.74) is 5.32. The number of hydrogen-bond acceptors (Lipinski definition) is 3. The molecule has 1 aliphatic carbocycles. The van der Waals surface area contributed by atoms with E-state index in [0.717, 1.165) is 25.0 Å². The van der Waals surface area contributed by atoms with Gasteiger partial charge in [0.05, 0.1) is 10.6 Å². The Morgan fingerprint density at radius 1 is 1.42 bits per heavy atom. The molecule has 1 aliphatic rings. The second-order valence-corrected chi connectivity index (χ2v) is 7.29. The molecule has 0 radical (unpaired) electrons. The zero-order valence-electron chi connectivity index (χ0n) is 11.1. The van der Waals surface area contributed by atoms with Crippen molar-refractivity contribution in [3.05, 3.63) is 24.0 Å². The maximum atomic E-state index is 13.0. The van der Waals surface area contributed by atoms with E-state index >= 15 is 0 Å². The molecule has 0 bridgehead atoms. The maximum absolute atomic E-state index is 13.0. The molecular formula is C13H19FN2O2S. The van der Waals surface area contributed by atoms with Crippen molar-refractivity contribution in [2.75, 3.05) is 12.3 Å². The van der Waals surface area contributed by atoms with E-state index in [1.807, 2.05) is 0 Å². The molecule has 1 aromatic carbocycles. The molecule has 0 unspecified atom stereocenters. The fourth-order valence-corrected chi connectivity index (χ4v) is 3.30. The van der Waals surface area contributed by atoms with E-state index in [-0.39, 0.29) is 16.0 Å². The normalized spacial score (nSPS) is 17.7. The smallest absolute Gasteiger partial charge is 0.240 e. The number of sulfonamides is 1. The highest BCUT2D eigenvalue weighted by Gasteiger charge is 2.45. The van der Waals surface area contributed by atoms with E-state index in [1.54, 1.807) is 0 Å². The number of nitrogens with one attached hydrogen (secondary N) is 1. The largest absolute Gasteiger partial charge is 0.396 e. The second-order valence-electron chi connectivity index (χ2n) is 5.52. The van der Waals surface area contributed by atoms with Crippen molar-refractivity contribution in [1.82, 2.24) is 4.72 Å². The summed E-state index contributed by atoms with van der Waals surface area (Å²) in [4.78, 5) is 0.00551. The van der Waals surface area contributed by atoms with Crippen molar-refractivity contribution in [3.63, 3.8) is 0 Å². The van der Waals surface area contributed by atoms with Crippen molar-refractivity contribution in [2.45, 2.75) is 31.6 Å². The molecular weight excluding hydrogens is 267 g/mol. The SMILES string of the molecule is CC(C)C1(CNS(=O)(=O)c2ccc(F)c(N)c2)CC1. The quantitative estimate of drug-likeness (QED) is 0.814. The van der Waals surface area contributed by atoms with Crippen molar-refractivity contribution in [1.29, 1.82) is 0 Å². The summed E-state index contributed by atoms with van der Waals surface area (Å²) < 4.78 is 39.8. The van der Waals surface area contributed by atoms with Crippen LogP contribution < -0.4 is 10.5 Å². The van der Waals surface area contributed by atoms with E-state index in [4.69, 9.17) is 5.73 Å². The van der Waals surface area contributed by atoms with Crippen LogP contribution >= 0.6 is 0 Å². The Balaban J connectivity index is 2.12. The fourth-order valence-electron chi connectivity index (χ4n) is 2.13. The van der Waals surface area contributed by atoms with E-state index in [9.17, 15) is 12.8 Å². The third-order valence-corrected chi connectivity index (χ3v) is 5.41. The minimum absolute atomic E-state index is 0.00551. The molecule has 2 rings (SSSR count). The zero-order chi connectivity index (χ0) is 14.3. The zero-order valence-corrected chi connectivity index (χ0v) is 11.9. The van der Waals surface area contributed by atoms with Gasteiger partial charge in [0.25, 0.3) is 0 Å². The van der Waals surface area contributed by atoms with Crippen molar-refractivity contribution in [2.24, 2.45) is 11.3 Å². The monoisotopic (exact) mass is 286 g/mol. The first-order valence-electron chi connectivity index (χ1n) is 6.31. The molecule has 3 N–H and O–H groups in total. The number of anilines is 1. The molecule has 19 heavy (non-hydrogen) atoms. The van der Waals surface area contributed by atoms with Crippen LogP contribution in [0.5, 0.6) is 0 Å². The Kier molecular flexibility index (Phi) is 3.57. The van der Waals surface area contributed by atoms with Crippen LogP contribution in [0.3, 0.4) is 0 Å². The Morgan fingerprint density at radius 3 is 2.53 bits per heavy atom. The van der Waals surface area contributed by atoms with Gasteiger partial charge in [-0.1, -0.05) is 13.8 Å². The number of benzene rings is 1. The average molecular weight is 286 g/mol. The van der Waals surface area contributed by atoms with Crippen molar-refractivity contribution < 1.29 is 12.8 Å². The van der Waals surface area contributed by atoms with Crippen molar-refractivity contribution >= 4 is 15.7 Å². The standard InChI is InChI=1S/C13H19FN2O2S/c1-9(2)13(5-6-13)8-16-19(17,18)10-3-4-11(14)12(15)7-10/h3-4,7,9,16H,5-6,8,15H2,1-2H3. The molecule has 106 valence electrons. The predicted molar refractivity (Wildman–Crippen MR) is 72.5 cm³/mol. The van der Waals surface area contributed by atoms with Crippen LogP contribution in [-0.4, -0.2) is 15.0 Å². The summed E-state index contributed by atoms with van der Waals surface area (Å²) in [6.07, 6.45) is 2.08. The lowest BCUT2D eigenvalue weighted by molar-refractivity contribution is 0.357. The maximum Gasteiger partial charge on any atom is 0.240 e. The van der Waals surface area contributed by atoms with Gasteiger partial charge in [-0.2, -0.15) is 0 Å². The van der Waals surface area contributed by atoms with Crippen LogP contribution in [0.25, 0.3) is 0 Å². The predicted octanol–water partition coefficient (Wildman–Crippen LogP) is 2.12. The summed E-state index contributed by atoms with van der Waals surface area (Å²) in [5, 5.41) is 0. The number of nitrogen functional groups attached to an aromatic ring is 1. The number of nitrogens with two attached hydrogens (primary N) is 1. The van der Waals surface area contributed by atoms with E-state index in [1.165, 1.54) is 6.07 Å². The lowest BCUT2D eigenvalue weighted by atomic mass is 9.93. The van der Waals surface area contributed by atoms with E-state index < -0.39 is 15.8 Å². The summed E-state index contributed by atoms with van der Waals surface area (Å²) in [6, 6.07) is 3.44. The Labute approximate surface area is 113 Å². The molecule has 1 aromatic rings. The van der Waals surface area contributed by atoms with E-state index in [2.05, 4.69) is 18.6 Å². The van der Waals surface area contributed by atoms with Crippen LogP contribution in [0, 0.1) is 17.2 Å². The molecule has 0 spiro atoms. The topological polar surface area (TPSA) is 72.2 Å². The highest BCUT2D eigenvalue weighted by Crippen LogP contribution is 2.51. The second kappa shape index (κ2) is 4.76. The summed E-state index contributed by atoms with van der Waals surface area (Å²) in [5.74, 6) is -0.173. The molecule has 4 nitrogen and oxygen atoms in total. The number of hydrogen-bond donors (Lipinski definition) is 2. The molecule has 0 heterocycles. The minimum Gasteiger partial charge on any atom is -0.396 e. The summed E-state index contributed by atoms with van der Waals surface area (Å²) in [6.45, 7) is 4.61. The fraction of sp³-hybridized carbons (Fsp3) is 0.538. The summed E-state index contributed by atoms with van der Waals surface area (Å²) >= 11 is 0. The van der Waals surface area contributed by atoms with Gasteiger partial charge in [0.2, 0.25) is 10.0 Å². The molecule has 0 saturated heterocycles. The van der Waals surface area contributed by atoms with Gasteiger partial charge in [-0.25, -0.2) is 17.5 Å². The molecule has 0 amide bonds. The van der Waals surface area contributed by atoms with E-state index in [0.29, 0.717) is 12.5 Å². The lowest BCUT2D eigenvalue weighted by Gasteiger charge is -2.20. The molecule has 1 saturated carbocycles. The molecule has 0 atom stereocenters. The van der Waals surface area contributed by atoms with Crippen LogP contribution in [0.2, 0.25) is 0 Å². The van der Waals surface area contributed by atoms with Gasteiger partial charge < -0.3 is 5.73 Å². The molecule has 0 aromatic heterocycles. The van der Waals surface area contributed by atoms with Gasteiger partial charge in [-0.15, -0.1) is 0 Å². The molecule has 6 heteroatoms. The van der Waals surface area contributed by atoms with Gasteiger partial charge in [0.15, 0.2) is 0 Å². The Bertz CT molecular complexity index is 580. The number of rotatable bonds is 5. The highest BCUT2D eigenvalue weighted by molar-refractivity contribution is 7.89. The number of halogens is 1. The summed E-state index contributed by atoms with van der Waals surface area (Å²) in [7, 11) is -3.62. The first-order valence-corrected chi connectivity index (χ1v) is 7.80.